The van der Waals surface area contributed by atoms with Crippen LogP contribution in [0.1, 0.15) is 21.6 Å². The summed E-state index contributed by atoms with van der Waals surface area (Å²) in [5.74, 6) is 1.03. The van der Waals surface area contributed by atoms with Gasteiger partial charge in [-0.3, -0.25) is 0 Å². The van der Waals surface area contributed by atoms with Crippen LogP contribution in [0.5, 0.6) is 5.75 Å². The van der Waals surface area contributed by atoms with E-state index in [-0.39, 0.29) is 5.56 Å². The molecule has 3 aromatic rings. The molecule has 0 radical (unpaired) electrons. The van der Waals surface area contributed by atoms with Crippen molar-refractivity contribution in [3.63, 3.8) is 0 Å². The van der Waals surface area contributed by atoms with Crippen LogP contribution in [0.15, 0.2) is 48.5 Å². The number of ether oxygens (including phenoxy) is 1. The Labute approximate surface area is 151 Å². The number of hydrogen-bond acceptors (Lipinski definition) is 5. The Morgan fingerprint density at radius 2 is 1.81 bits per heavy atom. The molecule has 0 aliphatic carbocycles. The third-order valence-electron chi connectivity index (χ3n) is 4.11. The van der Waals surface area contributed by atoms with E-state index in [0.29, 0.717) is 17.3 Å². The molecule has 0 aliphatic rings. The van der Waals surface area contributed by atoms with Crippen molar-refractivity contribution in [2.24, 2.45) is 0 Å². The molecule has 26 heavy (non-hydrogen) atoms. The highest BCUT2D eigenvalue weighted by atomic mass is 16.5. The fourth-order valence-corrected chi connectivity index (χ4v) is 2.49. The molecule has 0 atom stereocenters. The van der Waals surface area contributed by atoms with Crippen LogP contribution in [0, 0.1) is 13.8 Å². The Bertz CT molecular complexity index is 953. The Hall–Kier alpha value is -3.41. The zero-order valence-corrected chi connectivity index (χ0v) is 14.8. The molecule has 6 heteroatoms. The number of nitrogens with zero attached hydrogens (tertiary/aromatic N) is 2. The van der Waals surface area contributed by atoms with E-state index in [0.717, 1.165) is 22.6 Å². The maximum absolute atomic E-state index is 11.2. The number of nitrogens with one attached hydrogen (secondary N) is 1. The molecule has 0 saturated heterocycles. The topological polar surface area (TPSA) is 84.3 Å². The molecule has 0 fully saturated rings. The summed E-state index contributed by atoms with van der Waals surface area (Å²) in [5, 5.41) is 12.3. The number of benzene rings is 2. The Morgan fingerprint density at radius 1 is 1.08 bits per heavy atom. The second-order valence-electron chi connectivity index (χ2n) is 5.85. The number of carboxylic acid groups (broad SMARTS) is 1. The van der Waals surface area contributed by atoms with Crippen molar-refractivity contribution < 1.29 is 14.6 Å². The van der Waals surface area contributed by atoms with Crippen molar-refractivity contribution in [1.82, 2.24) is 9.97 Å². The van der Waals surface area contributed by atoms with E-state index in [2.05, 4.69) is 15.3 Å². The standard InChI is InChI=1S/C20H19N3O3/c1-12-13(2)21-19(14-7-9-17(26-3)10-8-14)23-18(12)22-16-6-4-5-15(11-16)20(24)25/h4-11H,1-3H3,(H,24,25)(H,21,22,23). The molecule has 6 nitrogen and oxygen atoms in total. The first kappa shape index (κ1) is 17.4. The van der Waals surface area contributed by atoms with Gasteiger partial charge in [-0.15, -0.1) is 0 Å². The second-order valence-corrected chi connectivity index (χ2v) is 5.85. The Morgan fingerprint density at radius 3 is 2.46 bits per heavy atom. The first-order valence-corrected chi connectivity index (χ1v) is 8.08. The second kappa shape index (κ2) is 7.23. The summed E-state index contributed by atoms with van der Waals surface area (Å²) >= 11 is 0. The van der Waals surface area contributed by atoms with Crippen LogP contribution in [0.2, 0.25) is 0 Å². The van der Waals surface area contributed by atoms with Crippen molar-refractivity contribution in [1.29, 1.82) is 0 Å². The van der Waals surface area contributed by atoms with Crippen LogP contribution < -0.4 is 10.1 Å². The van der Waals surface area contributed by atoms with Crippen LogP contribution in [-0.2, 0) is 0 Å². The molecule has 0 spiro atoms. The normalized spacial score (nSPS) is 10.4. The van der Waals surface area contributed by atoms with Crippen LogP contribution in [-0.4, -0.2) is 28.2 Å². The molecular weight excluding hydrogens is 330 g/mol. The van der Waals surface area contributed by atoms with E-state index in [1.807, 2.05) is 38.1 Å². The third-order valence-corrected chi connectivity index (χ3v) is 4.11. The maximum Gasteiger partial charge on any atom is 0.335 e. The monoisotopic (exact) mass is 349 g/mol. The van der Waals surface area contributed by atoms with Crippen molar-refractivity contribution in [2.75, 3.05) is 12.4 Å². The minimum atomic E-state index is -0.969. The van der Waals surface area contributed by atoms with Crippen molar-refractivity contribution in [2.45, 2.75) is 13.8 Å². The van der Waals surface area contributed by atoms with Gasteiger partial charge in [-0.2, -0.15) is 0 Å². The molecule has 1 aromatic heterocycles. The zero-order valence-electron chi connectivity index (χ0n) is 14.8. The van der Waals surface area contributed by atoms with Gasteiger partial charge in [0.25, 0.3) is 0 Å². The average Bonchev–Trinajstić information content (AvgIpc) is 2.65. The number of rotatable bonds is 5. The molecule has 2 aromatic carbocycles. The minimum Gasteiger partial charge on any atom is -0.497 e. The Kier molecular flexibility index (Phi) is 4.84. The molecule has 0 bridgehead atoms. The van der Waals surface area contributed by atoms with Crippen LogP contribution in [0.25, 0.3) is 11.4 Å². The third kappa shape index (κ3) is 3.64. The number of carboxylic acids is 1. The van der Waals surface area contributed by atoms with Gasteiger partial charge >= 0.3 is 5.97 Å². The molecule has 132 valence electrons. The summed E-state index contributed by atoms with van der Waals surface area (Å²) in [6.45, 7) is 3.85. The largest absolute Gasteiger partial charge is 0.497 e. The lowest BCUT2D eigenvalue weighted by Crippen LogP contribution is -2.04. The van der Waals surface area contributed by atoms with Gasteiger partial charge in [0.2, 0.25) is 0 Å². The summed E-state index contributed by atoms with van der Waals surface area (Å²) in [6, 6.07) is 14.1. The summed E-state index contributed by atoms with van der Waals surface area (Å²) < 4.78 is 5.18. The van der Waals surface area contributed by atoms with Crippen LogP contribution >= 0.6 is 0 Å². The molecule has 1 heterocycles. The van der Waals surface area contributed by atoms with Gasteiger partial charge in [0.05, 0.1) is 12.7 Å². The molecule has 2 N–H and O–H groups in total. The van der Waals surface area contributed by atoms with Gasteiger partial charge < -0.3 is 15.2 Å². The van der Waals surface area contributed by atoms with E-state index in [9.17, 15) is 4.79 Å². The minimum absolute atomic E-state index is 0.216. The van der Waals surface area contributed by atoms with Gasteiger partial charge in [-0.05, 0) is 56.3 Å². The predicted molar refractivity (Wildman–Crippen MR) is 100 cm³/mol. The fourth-order valence-electron chi connectivity index (χ4n) is 2.49. The predicted octanol–water partition coefficient (Wildman–Crippen LogP) is 4.21. The highest BCUT2D eigenvalue weighted by molar-refractivity contribution is 5.89. The first-order valence-electron chi connectivity index (χ1n) is 8.08. The smallest absolute Gasteiger partial charge is 0.335 e. The SMILES string of the molecule is COc1ccc(-c2nc(C)c(C)c(Nc3cccc(C(=O)O)c3)n2)cc1. The summed E-state index contributed by atoms with van der Waals surface area (Å²) in [4.78, 5) is 20.3. The summed E-state index contributed by atoms with van der Waals surface area (Å²) in [6.07, 6.45) is 0. The van der Waals surface area contributed by atoms with Crippen molar-refractivity contribution in [3.8, 4) is 17.1 Å². The first-order chi connectivity index (χ1) is 12.5. The highest BCUT2D eigenvalue weighted by Gasteiger charge is 2.11. The molecule has 0 unspecified atom stereocenters. The number of aromatic carboxylic acids is 1. The number of aromatic nitrogens is 2. The fraction of sp³-hybridized carbons (Fsp3) is 0.150. The van der Waals surface area contributed by atoms with Gasteiger partial charge in [-0.1, -0.05) is 6.07 Å². The van der Waals surface area contributed by atoms with E-state index in [1.54, 1.807) is 31.4 Å². The molecule has 0 saturated carbocycles. The number of methoxy groups -OCH3 is 1. The van der Waals surface area contributed by atoms with E-state index in [1.165, 1.54) is 0 Å². The molecular formula is C20H19N3O3. The van der Waals surface area contributed by atoms with E-state index < -0.39 is 5.97 Å². The lowest BCUT2D eigenvalue weighted by molar-refractivity contribution is 0.0697. The van der Waals surface area contributed by atoms with E-state index >= 15 is 0 Å². The lowest BCUT2D eigenvalue weighted by Gasteiger charge is -2.13. The van der Waals surface area contributed by atoms with Crippen LogP contribution in [0.4, 0.5) is 11.5 Å². The van der Waals surface area contributed by atoms with E-state index in [4.69, 9.17) is 9.84 Å². The lowest BCUT2D eigenvalue weighted by atomic mass is 10.1. The van der Waals surface area contributed by atoms with Crippen molar-refractivity contribution in [3.05, 3.63) is 65.4 Å². The zero-order chi connectivity index (χ0) is 18.7. The van der Waals surface area contributed by atoms with Gasteiger partial charge in [0.1, 0.15) is 11.6 Å². The average molecular weight is 349 g/mol. The van der Waals surface area contributed by atoms with Gasteiger partial charge in [0.15, 0.2) is 5.82 Å². The quantitative estimate of drug-likeness (QED) is 0.718. The number of aryl methyl sites for hydroxylation is 1. The number of carbonyl (C=O) groups is 1. The molecule has 0 aliphatic heterocycles. The maximum atomic E-state index is 11.2. The molecule has 0 amide bonds. The summed E-state index contributed by atoms with van der Waals surface area (Å²) in [7, 11) is 1.62. The highest BCUT2D eigenvalue weighted by Crippen LogP contribution is 2.26. The van der Waals surface area contributed by atoms with Crippen LogP contribution in [0.3, 0.4) is 0 Å². The van der Waals surface area contributed by atoms with Gasteiger partial charge in [0, 0.05) is 22.5 Å². The van der Waals surface area contributed by atoms with Crippen molar-refractivity contribution >= 4 is 17.5 Å². The molecule has 3 rings (SSSR count). The number of hydrogen-bond donors (Lipinski definition) is 2. The number of anilines is 2. The summed E-state index contributed by atoms with van der Waals surface area (Å²) in [5.41, 5.74) is 3.50. The van der Waals surface area contributed by atoms with Gasteiger partial charge in [-0.25, -0.2) is 14.8 Å². The Balaban J connectivity index is 1.98.